The van der Waals surface area contributed by atoms with E-state index in [4.69, 9.17) is 5.73 Å². The van der Waals surface area contributed by atoms with Gasteiger partial charge in [-0.15, -0.1) is 12.4 Å². The molecule has 3 heteroatoms. The number of nitrogens with one attached hydrogen (secondary N) is 1. The fourth-order valence-electron chi connectivity index (χ4n) is 0.968. The van der Waals surface area contributed by atoms with Gasteiger partial charge in [-0.3, -0.25) is 0 Å². The van der Waals surface area contributed by atoms with Gasteiger partial charge in [-0.2, -0.15) is 0 Å². The summed E-state index contributed by atoms with van der Waals surface area (Å²) in [6.07, 6.45) is 2.82. The van der Waals surface area contributed by atoms with E-state index in [0.29, 0.717) is 0 Å². The van der Waals surface area contributed by atoms with Crippen molar-refractivity contribution < 1.29 is 0 Å². The van der Waals surface area contributed by atoms with Gasteiger partial charge in [0.1, 0.15) is 0 Å². The van der Waals surface area contributed by atoms with E-state index < -0.39 is 0 Å². The highest BCUT2D eigenvalue weighted by Gasteiger charge is 2.11. The minimum Gasteiger partial charge on any atom is -0.365 e. The molecule has 0 atom stereocenters. The Balaban J connectivity index is 0.000001000. The molecule has 0 amide bonds. The Bertz CT molecular complexity index is 186. The van der Waals surface area contributed by atoms with Crippen LogP contribution < -0.4 is 5.73 Å². The molecule has 0 saturated heterocycles. The molecule has 64 valence electrons. The first-order chi connectivity index (χ1) is 4.58. The van der Waals surface area contributed by atoms with Crippen LogP contribution in [0, 0.1) is 0 Å². The van der Waals surface area contributed by atoms with Crippen LogP contribution in [-0.2, 0) is 6.42 Å². The zero-order chi connectivity index (χ0) is 7.61. The third-order valence-electron chi connectivity index (χ3n) is 1.31. The van der Waals surface area contributed by atoms with Crippen molar-refractivity contribution in [3.8, 4) is 0 Å². The second-order valence-electron chi connectivity index (χ2n) is 3.36. The molecule has 0 bridgehead atoms. The second kappa shape index (κ2) is 3.79. The van der Waals surface area contributed by atoms with Gasteiger partial charge in [0.25, 0.3) is 0 Å². The average molecular weight is 175 g/mol. The van der Waals surface area contributed by atoms with Gasteiger partial charge in [0.05, 0.1) is 0 Å². The third-order valence-corrected chi connectivity index (χ3v) is 1.31. The Morgan fingerprint density at radius 2 is 2.18 bits per heavy atom. The Kier molecular flexibility index (Phi) is 3.63. The number of aromatic nitrogens is 1. The number of nitrogens with two attached hydrogens (primary N) is 1. The quantitative estimate of drug-likeness (QED) is 0.705. The first kappa shape index (κ1) is 10.5. The summed E-state index contributed by atoms with van der Waals surface area (Å²) >= 11 is 0. The van der Waals surface area contributed by atoms with Gasteiger partial charge >= 0.3 is 0 Å². The van der Waals surface area contributed by atoms with E-state index in [2.05, 4.69) is 11.1 Å². The van der Waals surface area contributed by atoms with E-state index in [1.165, 1.54) is 5.69 Å². The number of hydrogen-bond acceptors (Lipinski definition) is 1. The topological polar surface area (TPSA) is 41.8 Å². The van der Waals surface area contributed by atoms with Crippen molar-refractivity contribution in [1.82, 2.24) is 4.98 Å². The molecular weight excluding hydrogens is 160 g/mol. The van der Waals surface area contributed by atoms with Gasteiger partial charge in [0.2, 0.25) is 0 Å². The highest BCUT2D eigenvalue weighted by molar-refractivity contribution is 5.85. The van der Waals surface area contributed by atoms with Crippen LogP contribution in [0.1, 0.15) is 19.5 Å². The molecule has 0 fully saturated rings. The Hall–Kier alpha value is -0.470. The molecule has 0 radical (unpaired) electrons. The van der Waals surface area contributed by atoms with Gasteiger partial charge in [-0.05, 0) is 26.0 Å². The molecular formula is C8H15ClN2. The third kappa shape index (κ3) is 4.06. The molecule has 3 N–H and O–H groups in total. The molecule has 11 heavy (non-hydrogen) atoms. The fraction of sp³-hybridized carbons (Fsp3) is 0.500. The van der Waals surface area contributed by atoms with Crippen molar-refractivity contribution in [3.05, 3.63) is 24.0 Å². The minimum absolute atomic E-state index is 0. The fourth-order valence-corrected chi connectivity index (χ4v) is 0.968. The lowest BCUT2D eigenvalue weighted by Crippen LogP contribution is -2.34. The summed E-state index contributed by atoms with van der Waals surface area (Å²) in [5, 5.41) is 0. The zero-order valence-corrected chi connectivity index (χ0v) is 7.74. The summed E-state index contributed by atoms with van der Waals surface area (Å²) in [6.45, 7) is 4.04. The summed E-state index contributed by atoms with van der Waals surface area (Å²) in [7, 11) is 0. The number of H-pyrrole nitrogens is 1. The maximum absolute atomic E-state index is 5.81. The van der Waals surface area contributed by atoms with Crippen molar-refractivity contribution >= 4 is 12.4 Å². The maximum atomic E-state index is 5.81. The van der Waals surface area contributed by atoms with Gasteiger partial charge in [-0.1, -0.05) is 0 Å². The van der Waals surface area contributed by atoms with Crippen molar-refractivity contribution in [2.24, 2.45) is 5.73 Å². The number of hydrogen-bond donors (Lipinski definition) is 2. The Morgan fingerprint density at radius 3 is 2.55 bits per heavy atom. The van der Waals surface area contributed by atoms with Crippen LogP contribution in [0.25, 0.3) is 0 Å². The van der Waals surface area contributed by atoms with Crippen molar-refractivity contribution in [1.29, 1.82) is 0 Å². The predicted octanol–water partition coefficient (Wildman–Crippen LogP) is 1.72. The molecule has 1 aromatic heterocycles. The van der Waals surface area contributed by atoms with Crippen LogP contribution in [0.4, 0.5) is 0 Å². The monoisotopic (exact) mass is 174 g/mol. The molecule has 0 aliphatic rings. The van der Waals surface area contributed by atoms with Gasteiger partial charge < -0.3 is 10.7 Å². The number of aromatic amines is 1. The summed E-state index contributed by atoms with van der Waals surface area (Å²) in [6, 6.07) is 4.04. The highest BCUT2D eigenvalue weighted by Crippen LogP contribution is 2.06. The maximum Gasteiger partial charge on any atom is 0.0165 e. The molecule has 1 rings (SSSR count). The van der Waals surface area contributed by atoms with Crippen LogP contribution in [0.2, 0.25) is 0 Å². The van der Waals surface area contributed by atoms with Crippen LogP contribution in [0.3, 0.4) is 0 Å². The van der Waals surface area contributed by atoms with Crippen LogP contribution in [-0.4, -0.2) is 10.5 Å². The van der Waals surface area contributed by atoms with Crippen molar-refractivity contribution in [2.75, 3.05) is 0 Å². The first-order valence-electron chi connectivity index (χ1n) is 3.49. The van der Waals surface area contributed by atoms with E-state index in [1.54, 1.807) is 0 Å². The lowest BCUT2D eigenvalue weighted by Gasteiger charge is -2.16. The van der Waals surface area contributed by atoms with Gasteiger partial charge in [-0.25, -0.2) is 0 Å². The SMILES string of the molecule is CC(C)(N)Cc1ccc[nH]1.Cl. The summed E-state index contributed by atoms with van der Waals surface area (Å²) in [5.74, 6) is 0. The number of halogens is 1. The summed E-state index contributed by atoms with van der Waals surface area (Å²) in [4.78, 5) is 3.11. The lowest BCUT2D eigenvalue weighted by molar-refractivity contribution is 0.511. The Morgan fingerprint density at radius 1 is 1.55 bits per heavy atom. The molecule has 0 saturated carbocycles. The van der Waals surface area contributed by atoms with Crippen LogP contribution >= 0.6 is 12.4 Å². The molecule has 0 spiro atoms. The average Bonchev–Trinajstić information content (AvgIpc) is 2.12. The molecule has 2 nitrogen and oxygen atoms in total. The Labute approximate surface area is 73.6 Å². The van der Waals surface area contributed by atoms with E-state index in [0.717, 1.165) is 6.42 Å². The van der Waals surface area contributed by atoms with Gasteiger partial charge in [0, 0.05) is 23.9 Å². The highest BCUT2D eigenvalue weighted by atomic mass is 35.5. The predicted molar refractivity (Wildman–Crippen MR) is 50.0 cm³/mol. The molecule has 1 heterocycles. The van der Waals surface area contributed by atoms with E-state index in [9.17, 15) is 0 Å². The normalized spacial score (nSPS) is 10.8. The minimum atomic E-state index is -0.106. The van der Waals surface area contributed by atoms with E-state index >= 15 is 0 Å². The van der Waals surface area contributed by atoms with Crippen molar-refractivity contribution in [2.45, 2.75) is 25.8 Å². The van der Waals surface area contributed by atoms with E-state index in [-0.39, 0.29) is 17.9 Å². The molecule has 0 unspecified atom stereocenters. The van der Waals surface area contributed by atoms with Crippen molar-refractivity contribution in [3.63, 3.8) is 0 Å². The summed E-state index contributed by atoms with van der Waals surface area (Å²) < 4.78 is 0. The van der Waals surface area contributed by atoms with Crippen LogP contribution in [0.5, 0.6) is 0 Å². The molecule has 0 aliphatic carbocycles. The van der Waals surface area contributed by atoms with Gasteiger partial charge in [0.15, 0.2) is 0 Å². The zero-order valence-electron chi connectivity index (χ0n) is 6.92. The molecule has 0 aliphatic heterocycles. The first-order valence-corrected chi connectivity index (χ1v) is 3.49. The second-order valence-corrected chi connectivity index (χ2v) is 3.36. The molecule has 1 aromatic rings. The van der Waals surface area contributed by atoms with E-state index in [1.807, 2.05) is 26.1 Å². The number of rotatable bonds is 2. The van der Waals surface area contributed by atoms with Crippen LogP contribution in [0.15, 0.2) is 18.3 Å². The molecule has 0 aromatic carbocycles. The summed E-state index contributed by atoms with van der Waals surface area (Å²) in [5.41, 5.74) is 6.90. The smallest absolute Gasteiger partial charge is 0.0165 e. The lowest BCUT2D eigenvalue weighted by atomic mass is 10.0. The standard InChI is InChI=1S/C8H14N2.ClH/c1-8(2,9)6-7-4-3-5-10-7;/h3-5,10H,6,9H2,1-2H3;1H. The largest absolute Gasteiger partial charge is 0.365 e.